The van der Waals surface area contributed by atoms with Crippen molar-refractivity contribution in [1.82, 2.24) is 9.97 Å². The van der Waals surface area contributed by atoms with Gasteiger partial charge in [-0.3, -0.25) is 14.6 Å². The van der Waals surface area contributed by atoms with Crippen LogP contribution in [0.5, 0.6) is 0 Å². The molecule has 0 spiro atoms. The van der Waals surface area contributed by atoms with E-state index in [9.17, 15) is 18.4 Å². The molecule has 1 aliphatic heterocycles. The number of alkyl halides is 2. The van der Waals surface area contributed by atoms with Crippen molar-refractivity contribution in [2.45, 2.75) is 25.2 Å². The third-order valence-electron chi connectivity index (χ3n) is 5.30. The number of aromatic nitrogens is 2. The molecule has 3 heterocycles. The lowest BCUT2D eigenvalue weighted by Crippen LogP contribution is -2.29. The number of nitrogens with two attached hydrogens (primary N) is 1. The SMILES string of the molecule is NC(=O)c1cc(NC(=O)c2nc3ccc(Cl)cc3cc2N2CCCC(F)(F)CC2)ccn1. The predicted octanol–water partition coefficient (Wildman–Crippen LogP) is 4.26. The average Bonchev–Trinajstić information content (AvgIpc) is 2.93. The molecular weight excluding hydrogens is 440 g/mol. The Kier molecular flexibility index (Phi) is 5.92. The zero-order chi connectivity index (χ0) is 22.9. The number of hydrogen-bond acceptors (Lipinski definition) is 5. The molecule has 1 fully saturated rings. The van der Waals surface area contributed by atoms with E-state index < -0.39 is 17.7 Å². The predicted molar refractivity (Wildman–Crippen MR) is 118 cm³/mol. The number of halogens is 3. The van der Waals surface area contributed by atoms with Crippen molar-refractivity contribution in [1.29, 1.82) is 0 Å². The van der Waals surface area contributed by atoms with Crippen molar-refractivity contribution in [3.05, 3.63) is 59.0 Å². The first kappa shape index (κ1) is 21.9. The molecule has 0 saturated carbocycles. The summed E-state index contributed by atoms with van der Waals surface area (Å²) in [7, 11) is 0. The van der Waals surface area contributed by atoms with Crippen LogP contribution in [-0.4, -0.2) is 40.8 Å². The minimum atomic E-state index is -2.74. The first-order valence-electron chi connectivity index (χ1n) is 10.0. The summed E-state index contributed by atoms with van der Waals surface area (Å²) in [6.45, 7) is 0.451. The van der Waals surface area contributed by atoms with Crippen LogP contribution in [0.1, 0.15) is 40.2 Å². The summed E-state index contributed by atoms with van der Waals surface area (Å²) in [5, 5.41) is 3.89. The van der Waals surface area contributed by atoms with E-state index in [1.165, 1.54) is 18.3 Å². The highest BCUT2D eigenvalue weighted by atomic mass is 35.5. The van der Waals surface area contributed by atoms with E-state index in [4.69, 9.17) is 17.3 Å². The van der Waals surface area contributed by atoms with Crippen molar-refractivity contribution in [2.75, 3.05) is 23.3 Å². The van der Waals surface area contributed by atoms with Gasteiger partial charge in [-0.2, -0.15) is 0 Å². The number of benzene rings is 1. The Balaban J connectivity index is 1.74. The zero-order valence-corrected chi connectivity index (χ0v) is 17.7. The molecule has 0 bridgehead atoms. The van der Waals surface area contributed by atoms with Gasteiger partial charge in [-0.25, -0.2) is 13.8 Å². The first-order valence-corrected chi connectivity index (χ1v) is 10.4. The number of nitrogens with zero attached hydrogens (tertiary/aromatic N) is 3. The van der Waals surface area contributed by atoms with Crippen LogP contribution < -0.4 is 16.0 Å². The van der Waals surface area contributed by atoms with Crippen LogP contribution in [0, 0.1) is 0 Å². The van der Waals surface area contributed by atoms with Crippen LogP contribution in [0.25, 0.3) is 10.9 Å². The molecule has 0 radical (unpaired) electrons. The maximum absolute atomic E-state index is 13.9. The van der Waals surface area contributed by atoms with Gasteiger partial charge in [0.05, 0.1) is 11.2 Å². The number of hydrogen-bond donors (Lipinski definition) is 2. The van der Waals surface area contributed by atoms with Gasteiger partial charge in [0.25, 0.3) is 11.8 Å². The summed E-state index contributed by atoms with van der Waals surface area (Å²) < 4.78 is 27.9. The number of carbonyl (C=O) groups excluding carboxylic acids is 2. The number of carbonyl (C=O) groups is 2. The van der Waals surface area contributed by atoms with Gasteiger partial charge in [-0.15, -0.1) is 0 Å². The number of primary amides is 1. The Bertz CT molecular complexity index is 1200. The van der Waals surface area contributed by atoms with Crippen molar-refractivity contribution in [2.24, 2.45) is 5.73 Å². The molecule has 1 aromatic carbocycles. The second kappa shape index (κ2) is 8.66. The lowest BCUT2D eigenvalue weighted by atomic mass is 10.1. The molecule has 4 rings (SSSR count). The smallest absolute Gasteiger partial charge is 0.276 e. The Morgan fingerprint density at radius 2 is 1.94 bits per heavy atom. The van der Waals surface area contributed by atoms with Crippen molar-refractivity contribution < 1.29 is 18.4 Å². The number of pyridine rings is 2. The molecule has 2 aromatic heterocycles. The van der Waals surface area contributed by atoms with Gasteiger partial charge < -0.3 is 16.0 Å². The van der Waals surface area contributed by atoms with Crippen LogP contribution in [-0.2, 0) is 0 Å². The molecule has 10 heteroatoms. The van der Waals surface area contributed by atoms with Crippen LogP contribution in [0.4, 0.5) is 20.2 Å². The van der Waals surface area contributed by atoms with E-state index in [0.29, 0.717) is 33.8 Å². The fraction of sp³-hybridized carbons (Fsp3) is 0.273. The average molecular weight is 460 g/mol. The maximum Gasteiger partial charge on any atom is 0.276 e. The van der Waals surface area contributed by atoms with Gasteiger partial charge in [-0.1, -0.05) is 11.6 Å². The Morgan fingerprint density at radius 3 is 2.72 bits per heavy atom. The van der Waals surface area contributed by atoms with Gasteiger partial charge in [0.2, 0.25) is 5.92 Å². The van der Waals surface area contributed by atoms with Gasteiger partial charge in [-0.05, 0) is 42.8 Å². The highest BCUT2D eigenvalue weighted by Crippen LogP contribution is 2.33. The number of amides is 2. The summed E-state index contributed by atoms with van der Waals surface area (Å²) in [5.74, 6) is -4.02. The van der Waals surface area contributed by atoms with Crippen LogP contribution in [0.2, 0.25) is 5.02 Å². The Morgan fingerprint density at radius 1 is 1.12 bits per heavy atom. The van der Waals surface area contributed by atoms with E-state index in [-0.39, 0.29) is 37.2 Å². The summed E-state index contributed by atoms with van der Waals surface area (Å²) in [6, 6.07) is 9.67. The van der Waals surface area contributed by atoms with Gasteiger partial charge in [0, 0.05) is 48.2 Å². The van der Waals surface area contributed by atoms with Gasteiger partial charge in [0.1, 0.15) is 5.69 Å². The monoisotopic (exact) mass is 459 g/mol. The second-order valence-corrected chi connectivity index (χ2v) is 8.07. The standard InChI is InChI=1S/C22H20ClF2N5O2/c23-14-2-3-16-13(10-14)11-18(30-8-1-5-22(24,25)6-9-30)19(29-16)21(32)28-15-4-7-27-17(12-15)20(26)31/h2-4,7,10-12H,1,5-6,8-9H2,(H2,26,31)(H,27,28,32). The van der Waals surface area contributed by atoms with Crippen LogP contribution in [0.3, 0.4) is 0 Å². The largest absolute Gasteiger partial charge is 0.369 e. The van der Waals surface area contributed by atoms with Crippen molar-refractivity contribution in [3.8, 4) is 0 Å². The molecule has 32 heavy (non-hydrogen) atoms. The second-order valence-electron chi connectivity index (χ2n) is 7.64. The fourth-order valence-electron chi connectivity index (χ4n) is 3.68. The Hall–Kier alpha value is -3.33. The molecule has 3 aromatic rings. The first-order chi connectivity index (χ1) is 15.2. The van der Waals surface area contributed by atoms with E-state index in [0.717, 1.165) is 0 Å². The van der Waals surface area contributed by atoms with Gasteiger partial charge in [0.15, 0.2) is 5.69 Å². The highest BCUT2D eigenvalue weighted by Gasteiger charge is 2.33. The third kappa shape index (κ3) is 4.77. The molecule has 0 unspecified atom stereocenters. The minimum absolute atomic E-state index is 0.00103. The number of anilines is 2. The quantitative estimate of drug-likeness (QED) is 0.607. The lowest BCUT2D eigenvalue weighted by molar-refractivity contribution is -0.0102. The number of nitrogens with one attached hydrogen (secondary N) is 1. The number of rotatable bonds is 4. The van der Waals surface area contributed by atoms with Crippen molar-refractivity contribution >= 4 is 45.7 Å². The topological polar surface area (TPSA) is 101 Å². The fourth-order valence-corrected chi connectivity index (χ4v) is 3.86. The molecule has 1 saturated heterocycles. The zero-order valence-electron chi connectivity index (χ0n) is 16.9. The van der Waals surface area contributed by atoms with E-state index in [2.05, 4.69) is 15.3 Å². The van der Waals surface area contributed by atoms with Crippen molar-refractivity contribution in [3.63, 3.8) is 0 Å². The van der Waals surface area contributed by atoms with Crippen LogP contribution >= 0.6 is 11.6 Å². The summed E-state index contributed by atoms with van der Waals surface area (Å²) in [6.07, 6.45) is 1.12. The molecular formula is C22H20ClF2N5O2. The van der Waals surface area contributed by atoms with E-state index in [1.807, 2.05) is 0 Å². The molecule has 7 nitrogen and oxygen atoms in total. The van der Waals surface area contributed by atoms with E-state index in [1.54, 1.807) is 29.2 Å². The summed E-state index contributed by atoms with van der Waals surface area (Å²) in [4.78, 5) is 34.7. The molecule has 2 amide bonds. The molecule has 3 N–H and O–H groups in total. The molecule has 1 aliphatic rings. The minimum Gasteiger partial charge on any atom is -0.369 e. The molecule has 0 aliphatic carbocycles. The van der Waals surface area contributed by atoms with Gasteiger partial charge >= 0.3 is 0 Å². The van der Waals surface area contributed by atoms with Crippen LogP contribution in [0.15, 0.2) is 42.6 Å². The summed E-state index contributed by atoms with van der Waals surface area (Å²) in [5.41, 5.74) is 6.63. The summed E-state index contributed by atoms with van der Waals surface area (Å²) >= 11 is 6.11. The highest BCUT2D eigenvalue weighted by molar-refractivity contribution is 6.31. The van der Waals surface area contributed by atoms with E-state index >= 15 is 0 Å². The molecule has 166 valence electrons. The molecule has 0 atom stereocenters. The third-order valence-corrected chi connectivity index (χ3v) is 5.54. The lowest BCUT2D eigenvalue weighted by Gasteiger charge is -2.25. The normalized spacial score (nSPS) is 15.9. The number of fused-ring (bicyclic) bond motifs is 1. The maximum atomic E-state index is 13.9. The Labute approximate surface area is 187 Å².